The van der Waals surface area contributed by atoms with Crippen LogP contribution in [0, 0.1) is 6.92 Å². The molecule has 2 aromatic rings. The minimum atomic E-state index is 0.609. The van der Waals surface area contributed by atoms with Crippen molar-refractivity contribution in [2.24, 2.45) is 0 Å². The van der Waals surface area contributed by atoms with Crippen LogP contribution in [-0.2, 0) is 0 Å². The van der Waals surface area contributed by atoms with Gasteiger partial charge in [-0.1, -0.05) is 0 Å². The standard InChI is InChI=1S/C8H12N4O/c1-3-13-12-6(2)10-11-7(9)4-5-8(11)12/h4-5H,3,9H2,1-2H3. The summed E-state index contributed by atoms with van der Waals surface area (Å²) in [4.78, 5) is 5.38. The van der Waals surface area contributed by atoms with Crippen molar-refractivity contribution in [3.05, 3.63) is 18.0 Å². The highest BCUT2D eigenvalue weighted by atomic mass is 16.7. The van der Waals surface area contributed by atoms with Gasteiger partial charge < -0.3 is 10.6 Å². The summed E-state index contributed by atoms with van der Waals surface area (Å²) in [5, 5.41) is 4.22. The summed E-state index contributed by atoms with van der Waals surface area (Å²) in [5.74, 6) is 1.42. The van der Waals surface area contributed by atoms with E-state index in [2.05, 4.69) is 5.10 Å². The first-order valence-electron chi connectivity index (χ1n) is 4.20. The second kappa shape index (κ2) is 2.69. The molecule has 5 heteroatoms. The molecule has 0 saturated carbocycles. The van der Waals surface area contributed by atoms with Gasteiger partial charge in [0.2, 0.25) is 0 Å². The fourth-order valence-electron chi connectivity index (χ4n) is 1.34. The molecule has 0 fully saturated rings. The monoisotopic (exact) mass is 180 g/mol. The SMILES string of the molecule is CCOn1c(C)nn2c(N)ccc12. The molecule has 0 atom stereocenters. The van der Waals surface area contributed by atoms with E-state index in [0.29, 0.717) is 12.4 Å². The van der Waals surface area contributed by atoms with E-state index in [1.165, 1.54) is 0 Å². The Bertz CT molecular complexity index is 428. The predicted molar refractivity (Wildman–Crippen MR) is 49.5 cm³/mol. The number of hydrogen-bond acceptors (Lipinski definition) is 3. The maximum atomic E-state index is 5.69. The first-order valence-corrected chi connectivity index (χ1v) is 4.20. The topological polar surface area (TPSA) is 57.5 Å². The fraction of sp³-hybridized carbons (Fsp3) is 0.375. The summed E-state index contributed by atoms with van der Waals surface area (Å²) < 4.78 is 3.33. The fourth-order valence-corrected chi connectivity index (χ4v) is 1.34. The Labute approximate surface area is 75.7 Å². The highest BCUT2D eigenvalue weighted by molar-refractivity contribution is 5.50. The number of nitrogens with zero attached hydrogens (tertiary/aromatic N) is 3. The van der Waals surface area contributed by atoms with E-state index in [4.69, 9.17) is 10.6 Å². The van der Waals surface area contributed by atoms with E-state index in [0.717, 1.165) is 11.5 Å². The van der Waals surface area contributed by atoms with Gasteiger partial charge in [0.25, 0.3) is 0 Å². The van der Waals surface area contributed by atoms with Gasteiger partial charge in [-0.05, 0) is 26.0 Å². The summed E-state index contributed by atoms with van der Waals surface area (Å²) in [6.45, 7) is 4.42. The van der Waals surface area contributed by atoms with Gasteiger partial charge in [0, 0.05) is 0 Å². The molecule has 0 spiro atoms. The van der Waals surface area contributed by atoms with Crippen LogP contribution < -0.4 is 10.6 Å². The number of aryl methyl sites for hydroxylation is 1. The summed E-state index contributed by atoms with van der Waals surface area (Å²) in [7, 11) is 0. The molecule has 0 amide bonds. The molecule has 2 aromatic heterocycles. The third-order valence-electron chi connectivity index (χ3n) is 1.87. The molecule has 0 aliphatic rings. The molecular weight excluding hydrogens is 168 g/mol. The van der Waals surface area contributed by atoms with Crippen LogP contribution in [0.25, 0.3) is 5.65 Å². The molecule has 70 valence electrons. The Kier molecular flexibility index (Phi) is 1.65. The number of rotatable bonds is 2. The molecule has 13 heavy (non-hydrogen) atoms. The molecule has 2 heterocycles. The van der Waals surface area contributed by atoms with E-state index in [-0.39, 0.29) is 0 Å². The van der Waals surface area contributed by atoms with Gasteiger partial charge in [-0.25, -0.2) is 0 Å². The van der Waals surface area contributed by atoms with Gasteiger partial charge in [0.05, 0.1) is 0 Å². The van der Waals surface area contributed by atoms with E-state index in [9.17, 15) is 0 Å². The predicted octanol–water partition coefficient (Wildman–Crippen LogP) is 0.475. The number of hydrogen-bond donors (Lipinski definition) is 1. The number of nitrogen functional groups attached to an aromatic ring is 1. The highest BCUT2D eigenvalue weighted by Gasteiger charge is 2.09. The zero-order chi connectivity index (χ0) is 9.42. The Morgan fingerprint density at radius 2 is 2.31 bits per heavy atom. The second-order valence-electron chi connectivity index (χ2n) is 2.79. The molecule has 0 aromatic carbocycles. The lowest BCUT2D eigenvalue weighted by Crippen LogP contribution is -2.11. The van der Waals surface area contributed by atoms with Gasteiger partial charge in [0.15, 0.2) is 11.5 Å². The van der Waals surface area contributed by atoms with Crippen molar-refractivity contribution in [3.8, 4) is 0 Å². The van der Waals surface area contributed by atoms with Gasteiger partial charge in [0.1, 0.15) is 12.4 Å². The third kappa shape index (κ3) is 1.04. The number of fused-ring (bicyclic) bond motifs is 1. The van der Waals surface area contributed by atoms with Crippen LogP contribution in [0.4, 0.5) is 5.82 Å². The molecule has 0 saturated heterocycles. The Morgan fingerprint density at radius 1 is 1.54 bits per heavy atom. The summed E-state index contributed by atoms with van der Waals surface area (Å²) in [6, 6.07) is 3.68. The molecule has 2 rings (SSSR count). The van der Waals surface area contributed by atoms with Crippen LogP contribution in [-0.4, -0.2) is 21.0 Å². The smallest absolute Gasteiger partial charge is 0.174 e. The molecule has 0 unspecified atom stereocenters. The zero-order valence-electron chi connectivity index (χ0n) is 7.69. The lowest BCUT2D eigenvalue weighted by atomic mass is 10.6. The minimum absolute atomic E-state index is 0.609. The van der Waals surface area contributed by atoms with Crippen molar-refractivity contribution < 1.29 is 4.84 Å². The van der Waals surface area contributed by atoms with E-state index in [1.807, 2.05) is 19.9 Å². The van der Waals surface area contributed by atoms with E-state index < -0.39 is 0 Å². The van der Waals surface area contributed by atoms with Gasteiger partial charge in [-0.3, -0.25) is 0 Å². The molecule has 5 nitrogen and oxygen atoms in total. The van der Waals surface area contributed by atoms with Crippen molar-refractivity contribution in [2.45, 2.75) is 13.8 Å². The number of aromatic nitrogens is 3. The van der Waals surface area contributed by atoms with Gasteiger partial charge in [-0.15, -0.1) is 9.83 Å². The van der Waals surface area contributed by atoms with Crippen LogP contribution in [0.3, 0.4) is 0 Å². The third-order valence-corrected chi connectivity index (χ3v) is 1.87. The molecule has 0 aliphatic heterocycles. The maximum Gasteiger partial charge on any atom is 0.174 e. The largest absolute Gasteiger partial charge is 0.411 e. The summed E-state index contributed by atoms with van der Waals surface area (Å²) >= 11 is 0. The average molecular weight is 180 g/mol. The van der Waals surface area contributed by atoms with Crippen LogP contribution >= 0.6 is 0 Å². The average Bonchev–Trinajstić information content (AvgIpc) is 2.58. The number of anilines is 1. The molecule has 0 aliphatic carbocycles. The normalized spacial score (nSPS) is 10.9. The van der Waals surface area contributed by atoms with Crippen LogP contribution in [0.1, 0.15) is 12.7 Å². The lowest BCUT2D eigenvalue weighted by Gasteiger charge is -2.03. The Hall–Kier alpha value is -1.65. The van der Waals surface area contributed by atoms with Crippen LogP contribution in [0.5, 0.6) is 0 Å². The molecule has 0 radical (unpaired) electrons. The zero-order valence-corrected chi connectivity index (χ0v) is 7.69. The Balaban J connectivity index is 2.64. The maximum absolute atomic E-state index is 5.69. The molecular formula is C8H12N4O. The molecule has 0 bridgehead atoms. The summed E-state index contributed by atoms with van der Waals surface area (Å²) in [6.07, 6.45) is 0. The molecule has 2 N–H and O–H groups in total. The summed E-state index contributed by atoms with van der Waals surface area (Å²) in [5.41, 5.74) is 6.54. The van der Waals surface area contributed by atoms with E-state index in [1.54, 1.807) is 15.3 Å². The quantitative estimate of drug-likeness (QED) is 0.731. The van der Waals surface area contributed by atoms with Gasteiger partial charge >= 0.3 is 0 Å². The lowest BCUT2D eigenvalue weighted by molar-refractivity contribution is 0.125. The van der Waals surface area contributed by atoms with Gasteiger partial charge in [-0.2, -0.15) is 4.52 Å². The van der Waals surface area contributed by atoms with Crippen molar-refractivity contribution in [2.75, 3.05) is 12.3 Å². The van der Waals surface area contributed by atoms with Crippen molar-refractivity contribution in [3.63, 3.8) is 0 Å². The van der Waals surface area contributed by atoms with Crippen molar-refractivity contribution in [1.82, 2.24) is 14.3 Å². The van der Waals surface area contributed by atoms with Crippen LogP contribution in [0.15, 0.2) is 12.1 Å². The van der Waals surface area contributed by atoms with Crippen LogP contribution in [0.2, 0.25) is 0 Å². The van der Waals surface area contributed by atoms with E-state index >= 15 is 0 Å². The number of nitrogens with two attached hydrogens (primary N) is 1. The second-order valence-corrected chi connectivity index (χ2v) is 2.79. The first-order chi connectivity index (χ1) is 6.24. The first kappa shape index (κ1) is 7.97. The van der Waals surface area contributed by atoms with Crippen molar-refractivity contribution in [1.29, 1.82) is 0 Å². The van der Waals surface area contributed by atoms with Crippen molar-refractivity contribution >= 4 is 11.5 Å². The minimum Gasteiger partial charge on any atom is -0.411 e. The Morgan fingerprint density at radius 3 is 3.00 bits per heavy atom. The highest BCUT2D eigenvalue weighted by Crippen LogP contribution is 2.11.